The van der Waals surface area contributed by atoms with Gasteiger partial charge < -0.3 is 14.1 Å². The number of anilines is 1. The van der Waals surface area contributed by atoms with Gasteiger partial charge in [-0.05, 0) is 31.2 Å². The average Bonchev–Trinajstić information content (AvgIpc) is 2.91. The number of carbonyl (C=O) groups is 1. The van der Waals surface area contributed by atoms with Crippen LogP contribution in [0.4, 0.5) is 5.69 Å². The molecule has 0 aliphatic carbocycles. The van der Waals surface area contributed by atoms with Crippen LogP contribution in [0.15, 0.2) is 82.0 Å². The number of nitrogens with zero attached hydrogens (tertiary/aromatic N) is 2. The first-order chi connectivity index (χ1) is 17.1. The zero-order valence-electron chi connectivity index (χ0n) is 20.4. The molecule has 5 rings (SSSR count). The molecule has 0 atom stereocenters. The van der Waals surface area contributed by atoms with Gasteiger partial charge in [0, 0.05) is 37.3 Å². The second-order valence-corrected chi connectivity index (χ2v) is 8.79. The van der Waals surface area contributed by atoms with Crippen molar-refractivity contribution in [2.24, 2.45) is 0 Å². The van der Waals surface area contributed by atoms with Crippen LogP contribution in [0.3, 0.4) is 0 Å². The normalized spacial score (nSPS) is 13.9. The molecule has 6 nitrogen and oxygen atoms in total. The molecule has 1 fully saturated rings. The first-order valence-corrected chi connectivity index (χ1v) is 11.8. The third-order valence-corrected chi connectivity index (χ3v) is 6.65. The summed E-state index contributed by atoms with van der Waals surface area (Å²) in [6.45, 7) is 5.16. The van der Waals surface area contributed by atoms with Crippen molar-refractivity contribution in [3.63, 3.8) is 0 Å². The van der Waals surface area contributed by atoms with E-state index in [0.717, 1.165) is 43.2 Å². The summed E-state index contributed by atoms with van der Waals surface area (Å²) in [5.74, 6) is 1.31. The third-order valence-electron chi connectivity index (χ3n) is 6.65. The number of piperazine rings is 1. The van der Waals surface area contributed by atoms with Gasteiger partial charge in [0.2, 0.25) is 0 Å². The molecule has 7 heteroatoms. The number of hydrogen-bond acceptors (Lipinski definition) is 6. The Morgan fingerprint density at radius 1 is 0.917 bits per heavy atom. The Hall–Kier alpha value is -3.61. The number of para-hydroxylation sites is 3. The van der Waals surface area contributed by atoms with Crippen molar-refractivity contribution < 1.29 is 13.9 Å². The smallest absolute Gasteiger partial charge is 0.196 e. The van der Waals surface area contributed by atoms with Gasteiger partial charge in [-0.25, -0.2) is 0 Å². The van der Waals surface area contributed by atoms with E-state index in [1.165, 1.54) is 0 Å². The van der Waals surface area contributed by atoms with Crippen molar-refractivity contribution >= 4 is 34.8 Å². The van der Waals surface area contributed by atoms with Gasteiger partial charge >= 0.3 is 0 Å². The van der Waals surface area contributed by atoms with Crippen molar-refractivity contribution in [1.82, 2.24) is 4.90 Å². The maximum Gasteiger partial charge on any atom is 0.196 e. The van der Waals surface area contributed by atoms with Gasteiger partial charge in [-0.2, -0.15) is 0 Å². The first-order valence-electron chi connectivity index (χ1n) is 11.8. The lowest BCUT2D eigenvalue weighted by Crippen LogP contribution is -2.48. The van der Waals surface area contributed by atoms with E-state index in [9.17, 15) is 9.59 Å². The summed E-state index contributed by atoms with van der Waals surface area (Å²) < 4.78 is 11.7. The summed E-state index contributed by atoms with van der Waals surface area (Å²) in [5, 5.41) is 0.439. The molecular weight excluding hydrogens is 476 g/mol. The van der Waals surface area contributed by atoms with E-state index >= 15 is 0 Å². The summed E-state index contributed by atoms with van der Waals surface area (Å²) in [7, 11) is 1.68. The van der Waals surface area contributed by atoms with Crippen LogP contribution in [-0.2, 0) is 0 Å². The largest absolute Gasteiger partial charge is 0.495 e. The fraction of sp³-hybridized carbons (Fsp3) is 0.241. The minimum atomic E-state index is -0.106. The fourth-order valence-corrected chi connectivity index (χ4v) is 4.72. The molecule has 0 amide bonds. The lowest BCUT2D eigenvalue weighted by atomic mass is 10.0. The molecule has 1 aliphatic rings. The van der Waals surface area contributed by atoms with E-state index in [1.807, 2.05) is 48.5 Å². The molecule has 36 heavy (non-hydrogen) atoms. The summed E-state index contributed by atoms with van der Waals surface area (Å²) in [4.78, 5) is 30.9. The lowest BCUT2D eigenvalue weighted by Gasteiger charge is -2.36. The number of hydrogen-bond donors (Lipinski definition) is 0. The molecule has 0 radical (unpaired) electrons. The van der Waals surface area contributed by atoms with Crippen molar-refractivity contribution in [3.8, 4) is 17.1 Å². The summed E-state index contributed by atoms with van der Waals surface area (Å²) in [6, 6.07) is 22.8. The number of ether oxygens (including phenoxy) is 1. The molecule has 186 valence electrons. The van der Waals surface area contributed by atoms with Gasteiger partial charge in [0.05, 0.1) is 30.3 Å². The van der Waals surface area contributed by atoms with E-state index in [4.69, 9.17) is 9.15 Å². The Morgan fingerprint density at radius 2 is 1.61 bits per heavy atom. The van der Waals surface area contributed by atoms with Crippen LogP contribution in [0.2, 0.25) is 0 Å². The number of halogens is 1. The molecule has 0 bridgehead atoms. The summed E-state index contributed by atoms with van der Waals surface area (Å²) in [6.07, 6.45) is 0. The van der Waals surface area contributed by atoms with Gasteiger partial charge in [0.25, 0.3) is 0 Å². The molecular formula is C29H29ClN2O4. The summed E-state index contributed by atoms with van der Waals surface area (Å²) >= 11 is 0. The van der Waals surface area contributed by atoms with Gasteiger partial charge in [-0.3, -0.25) is 14.5 Å². The monoisotopic (exact) mass is 504 g/mol. The van der Waals surface area contributed by atoms with Gasteiger partial charge in [0.1, 0.15) is 17.1 Å². The SMILES string of the molecule is COc1ccccc1N1CCN(CC(=O)c2cccc3c(=O)c(C)c(-c4ccccc4)oc23)CC1.Cl. The van der Waals surface area contributed by atoms with Crippen molar-refractivity contribution in [3.05, 3.63) is 94.1 Å². The zero-order valence-corrected chi connectivity index (χ0v) is 21.2. The highest BCUT2D eigenvalue weighted by Crippen LogP contribution is 2.29. The predicted molar refractivity (Wildman–Crippen MR) is 146 cm³/mol. The zero-order chi connectivity index (χ0) is 24.4. The lowest BCUT2D eigenvalue weighted by molar-refractivity contribution is 0.0927. The van der Waals surface area contributed by atoms with E-state index in [0.29, 0.717) is 27.9 Å². The standard InChI is InChI=1S/C29H28N2O4.ClH/c1-20-27(33)23-12-8-11-22(29(23)35-28(20)21-9-4-3-5-10-21)25(32)19-30-15-17-31(18-16-30)24-13-6-7-14-26(24)34-2;/h3-14H,15-19H2,1-2H3;1H. The minimum absolute atomic E-state index is 0. The molecule has 1 aromatic heterocycles. The Kier molecular flexibility index (Phi) is 7.77. The van der Waals surface area contributed by atoms with Crippen molar-refractivity contribution in [2.45, 2.75) is 6.92 Å². The molecule has 0 unspecified atom stereocenters. The maximum absolute atomic E-state index is 13.4. The van der Waals surface area contributed by atoms with E-state index in [2.05, 4.69) is 15.9 Å². The molecule has 0 saturated carbocycles. The Labute approximate surface area is 216 Å². The van der Waals surface area contributed by atoms with Crippen LogP contribution < -0.4 is 15.1 Å². The number of carbonyl (C=O) groups excluding carboxylic acids is 1. The second-order valence-electron chi connectivity index (χ2n) is 8.79. The minimum Gasteiger partial charge on any atom is -0.495 e. The molecule has 4 aromatic rings. The highest BCUT2D eigenvalue weighted by atomic mass is 35.5. The number of fused-ring (bicyclic) bond motifs is 1. The number of Topliss-reactive ketones (excluding diaryl/α,β-unsaturated/α-hetero) is 1. The Balaban J connectivity index is 0.00000304. The molecule has 1 aliphatic heterocycles. The van der Waals surface area contributed by atoms with E-state index in [-0.39, 0.29) is 30.2 Å². The van der Waals surface area contributed by atoms with Crippen molar-refractivity contribution in [1.29, 1.82) is 0 Å². The van der Waals surface area contributed by atoms with Crippen LogP contribution in [0, 0.1) is 6.92 Å². The molecule has 2 heterocycles. The quantitative estimate of drug-likeness (QED) is 0.336. The van der Waals surface area contributed by atoms with E-state index in [1.54, 1.807) is 32.2 Å². The number of benzene rings is 3. The molecule has 0 N–H and O–H groups in total. The molecule has 1 saturated heterocycles. The van der Waals surface area contributed by atoms with Gasteiger partial charge in [0.15, 0.2) is 11.2 Å². The molecule has 3 aromatic carbocycles. The molecule has 0 spiro atoms. The van der Waals surface area contributed by atoms with Crippen molar-refractivity contribution in [2.75, 3.05) is 44.7 Å². The maximum atomic E-state index is 13.4. The predicted octanol–water partition coefficient (Wildman–Crippen LogP) is 5.20. The number of rotatable bonds is 6. The van der Waals surface area contributed by atoms with E-state index < -0.39 is 0 Å². The van der Waals surface area contributed by atoms with Crippen LogP contribution >= 0.6 is 12.4 Å². The fourth-order valence-electron chi connectivity index (χ4n) is 4.72. The van der Waals surface area contributed by atoms with Crippen LogP contribution in [-0.4, -0.2) is 50.5 Å². The second kappa shape index (κ2) is 11.0. The number of methoxy groups -OCH3 is 1. The van der Waals surface area contributed by atoms with Gasteiger partial charge in [-0.1, -0.05) is 48.5 Å². The average molecular weight is 505 g/mol. The third kappa shape index (κ3) is 4.87. The Morgan fingerprint density at radius 3 is 2.33 bits per heavy atom. The highest BCUT2D eigenvalue weighted by Gasteiger charge is 2.24. The topological polar surface area (TPSA) is 63.0 Å². The number of ketones is 1. The highest BCUT2D eigenvalue weighted by molar-refractivity contribution is 6.07. The van der Waals surface area contributed by atoms with Gasteiger partial charge in [-0.15, -0.1) is 12.4 Å². The Bertz CT molecular complexity index is 1430. The van der Waals surface area contributed by atoms with Crippen LogP contribution in [0.1, 0.15) is 15.9 Å². The first kappa shape index (κ1) is 25.5. The summed E-state index contributed by atoms with van der Waals surface area (Å²) in [5.41, 5.74) is 3.13. The van der Waals surface area contributed by atoms with Crippen LogP contribution in [0.5, 0.6) is 5.75 Å². The van der Waals surface area contributed by atoms with Crippen LogP contribution in [0.25, 0.3) is 22.3 Å².